The number of benzene rings is 1. The fourth-order valence-electron chi connectivity index (χ4n) is 3.36. The maximum Gasteiger partial charge on any atom is 0.226 e. The maximum atomic E-state index is 12.6. The molecular formula is C19H25N3O. The van der Waals surface area contributed by atoms with Crippen LogP contribution in [0.1, 0.15) is 28.9 Å². The summed E-state index contributed by atoms with van der Waals surface area (Å²) in [6, 6.07) is 6.32. The number of nitrogens with zero attached hydrogens (tertiary/aromatic N) is 3. The van der Waals surface area contributed by atoms with Crippen LogP contribution in [-0.2, 0) is 24.2 Å². The Labute approximate surface area is 138 Å². The number of imidazole rings is 1. The van der Waals surface area contributed by atoms with Gasteiger partial charge >= 0.3 is 0 Å². The highest BCUT2D eigenvalue weighted by Gasteiger charge is 2.22. The highest BCUT2D eigenvalue weighted by atomic mass is 16.2. The van der Waals surface area contributed by atoms with Crippen molar-refractivity contribution in [1.82, 2.24) is 14.5 Å². The molecule has 0 spiro atoms. The molecule has 23 heavy (non-hydrogen) atoms. The molecule has 1 amide bonds. The quantitative estimate of drug-likeness (QED) is 0.871. The lowest BCUT2D eigenvalue weighted by Crippen LogP contribution is -2.36. The number of rotatable bonds is 4. The van der Waals surface area contributed by atoms with Crippen LogP contribution in [0.2, 0.25) is 0 Å². The first-order valence-electron chi connectivity index (χ1n) is 8.33. The Hall–Kier alpha value is -2.10. The first-order valence-corrected chi connectivity index (χ1v) is 8.33. The van der Waals surface area contributed by atoms with Gasteiger partial charge in [0.2, 0.25) is 5.91 Å². The Morgan fingerprint density at radius 1 is 1.39 bits per heavy atom. The van der Waals surface area contributed by atoms with Crippen LogP contribution in [0, 0.1) is 19.8 Å². The van der Waals surface area contributed by atoms with Crippen molar-refractivity contribution < 1.29 is 4.79 Å². The van der Waals surface area contributed by atoms with E-state index in [1.807, 2.05) is 24.3 Å². The summed E-state index contributed by atoms with van der Waals surface area (Å²) in [6.07, 6.45) is 6.52. The van der Waals surface area contributed by atoms with E-state index in [4.69, 9.17) is 0 Å². The van der Waals surface area contributed by atoms with E-state index in [-0.39, 0.29) is 5.91 Å². The zero-order valence-electron chi connectivity index (χ0n) is 14.2. The standard InChI is InChI=1S/C19H25N3O/c1-14-4-5-15(2)17(10-14)11-19(23)21(3)12-16-6-7-18-20-8-9-22(18)13-16/h4-5,8-10,16H,6-7,11-13H2,1-3H3/t16-/m1/s1. The number of amides is 1. The molecule has 1 aromatic heterocycles. The van der Waals surface area contributed by atoms with Gasteiger partial charge in [-0.15, -0.1) is 0 Å². The minimum Gasteiger partial charge on any atom is -0.345 e. The van der Waals surface area contributed by atoms with Crippen molar-refractivity contribution in [3.05, 3.63) is 53.1 Å². The monoisotopic (exact) mass is 311 g/mol. The van der Waals surface area contributed by atoms with Crippen LogP contribution in [0.15, 0.2) is 30.6 Å². The lowest BCUT2D eigenvalue weighted by Gasteiger charge is -2.28. The van der Waals surface area contributed by atoms with Crippen LogP contribution in [0.25, 0.3) is 0 Å². The van der Waals surface area contributed by atoms with Gasteiger partial charge in [0.05, 0.1) is 6.42 Å². The molecule has 1 atom stereocenters. The smallest absolute Gasteiger partial charge is 0.226 e. The Morgan fingerprint density at radius 2 is 2.22 bits per heavy atom. The molecule has 2 aromatic rings. The fraction of sp³-hybridized carbons (Fsp3) is 0.474. The second kappa shape index (κ2) is 6.57. The number of likely N-dealkylation sites (N-methyl/N-ethyl adjacent to an activating group) is 1. The minimum absolute atomic E-state index is 0.204. The van der Waals surface area contributed by atoms with E-state index < -0.39 is 0 Å². The lowest BCUT2D eigenvalue weighted by molar-refractivity contribution is -0.129. The van der Waals surface area contributed by atoms with Crippen molar-refractivity contribution >= 4 is 5.91 Å². The maximum absolute atomic E-state index is 12.6. The van der Waals surface area contributed by atoms with Crippen molar-refractivity contribution in [3.8, 4) is 0 Å². The molecule has 0 fully saturated rings. The molecule has 0 saturated carbocycles. The average Bonchev–Trinajstić information content (AvgIpc) is 2.98. The molecular weight excluding hydrogens is 286 g/mol. The molecule has 1 aliphatic heterocycles. The lowest BCUT2D eigenvalue weighted by atomic mass is 9.98. The number of hydrogen-bond acceptors (Lipinski definition) is 2. The number of hydrogen-bond donors (Lipinski definition) is 0. The van der Waals surface area contributed by atoms with E-state index in [1.165, 1.54) is 17.0 Å². The molecule has 0 aliphatic carbocycles. The minimum atomic E-state index is 0.204. The summed E-state index contributed by atoms with van der Waals surface area (Å²) in [5, 5.41) is 0. The van der Waals surface area contributed by atoms with Gasteiger partial charge in [0.15, 0.2) is 0 Å². The van der Waals surface area contributed by atoms with Gasteiger partial charge in [-0.05, 0) is 37.3 Å². The van der Waals surface area contributed by atoms with Gasteiger partial charge in [0.1, 0.15) is 5.82 Å². The van der Waals surface area contributed by atoms with Crippen molar-refractivity contribution in [1.29, 1.82) is 0 Å². The van der Waals surface area contributed by atoms with Crippen LogP contribution in [0.4, 0.5) is 0 Å². The topological polar surface area (TPSA) is 38.1 Å². The molecule has 0 N–H and O–H groups in total. The van der Waals surface area contributed by atoms with Crippen LogP contribution in [0.3, 0.4) is 0 Å². The zero-order valence-corrected chi connectivity index (χ0v) is 14.2. The fourth-order valence-corrected chi connectivity index (χ4v) is 3.36. The van der Waals surface area contributed by atoms with E-state index in [1.54, 1.807) is 0 Å². The predicted molar refractivity (Wildman–Crippen MR) is 91.3 cm³/mol. The van der Waals surface area contributed by atoms with Crippen LogP contribution >= 0.6 is 0 Å². The normalized spacial score (nSPS) is 16.9. The van der Waals surface area contributed by atoms with E-state index in [2.05, 4.69) is 41.6 Å². The van der Waals surface area contributed by atoms with Gasteiger partial charge in [-0.3, -0.25) is 4.79 Å². The molecule has 0 radical (unpaired) electrons. The van der Waals surface area contributed by atoms with Crippen molar-refractivity contribution in [2.24, 2.45) is 5.92 Å². The molecule has 1 aromatic carbocycles. The number of fused-ring (bicyclic) bond motifs is 1. The number of carbonyl (C=O) groups excluding carboxylic acids is 1. The molecule has 0 saturated heterocycles. The zero-order chi connectivity index (χ0) is 16.4. The number of aryl methyl sites for hydroxylation is 3. The van der Waals surface area contributed by atoms with Gasteiger partial charge in [0.25, 0.3) is 0 Å². The van der Waals surface area contributed by atoms with E-state index in [0.29, 0.717) is 12.3 Å². The first kappa shape index (κ1) is 15.8. The second-order valence-electron chi connectivity index (χ2n) is 6.78. The first-order chi connectivity index (χ1) is 11.0. The Bertz CT molecular complexity index is 704. The molecule has 4 nitrogen and oxygen atoms in total. The average molecular weight is 311 g/mol. The summed E-state index contributed by atoms with van der Waals surface area (Å²) < 4.78 is 2.22. The van der Waals surface area contributed by atoms with Crippen molar-refractivity contribution in [2.45, 2.75) is 39.7 Å². The van der Waals surface area contributed by atoms with Gasteiger partial charge < -0.3 is 9.47 Å². The van der Waals surface area contributed by atoms with Gasteiger partial charge in [0, 0.05) is 39.0 Å². The summed E-state index contributed by atoms with van der Waals surface area (Å²) in [4.78, 5) is 18.8. The second-order valence-corrected chi connectivity index (χ2v) is 6.78. The molecule has 3 rings (SSSR count). The van der Waals surface area contributed by atoms with E-state index in [0.717, 1.165) is 31.5 Å². The van der Waals surface area contributed by atoms with Gasteiger partial charge in [-0.1, -0.05) is 23.8 Å². The van der Waals surface area contributed by atoms with E-state index >= 15 is 0 Å². The van der Waals surface area contributed by atoms with Crippen molar-refractivity contribution in [3.63, 3.8) is 0 Å². The molecule has 0 unspecified atom stereocenters. The summed E-state index contributed by atoms with van der Waals surface area (Å²) in [5.41, 5.74) is 3.54. The van der Waals surface area contributed by atoms with Gasteiger partial charge in [-0.2, -0.15) is 0 Å². The molecule has 0 bridgehead atoms. The van der Waals surface area contributed by atoms with Crippen LogP contribution < -0.4 is 0 Å². The predicted octanol–water partition coefficient (Wildman–Crippen LogP) is 2.76. The summed E-state index contributed by atoms with van der Waals surface area (Å²) in [7, 11) is 1.93. The third-order valence-electron chi connectivity index (χ3n) is 4.84. The highest BCUT2D eigenvalue weighted by molar-refractivity contribution is 5.79. The van der Waals surface area contributed by atoms with Gasteiger partial charge in [-0.25, -0.2) is 4.98 Å². The molecule has 122 valence electrons. The summed E-state index contributed by atoms with van der Waals surface area (Å²) >= 11 is 0. The van der Waals surface area contributed by atoms with Crippen LogP contribution in [-0.4, -0.2) is 34.0 Å². The van der Waals surface area contributed by atoms with Crippen LogP contribution in [0.5, 0.6) is 0 Å². The molecule has 2 heterocycles. The third-order valence-corrected chi connectivity index (χ3v) is 4.84. The van der Waals surface area contributed by atoms with E-state index in [9.17, 15) is 4.79 Å². The largest absolute Gasteiger partial charge is 0.345 e. The Morgan fingerprint density at radius 3 is 3.04 bits per heavy atom. The summed E-state index contributed by atoms with van der Waals surface area (Å²) in [6.45, 7) is 5.93. The summed E-state index contributed by atoms with van der Waals surface area (Å²) in [5.74, 6) is 1.89. The number of carbonyl (C=O) groups is 1. The molecule has 4 heteroatoms. The van der Waals surface area contributed by atoms with Crippen molar-refractivity contribution in [2.75, 3.05) is 13.6 Å². The SMILES string of the molecule is Cc1ccc(C)c(CC(=O)N(C)C[C@H]2CCc3nccn3C2)c1. The highest BCUT2D eigenvalue weighted by Crippen LogP contribution is 2.20. The number of aromatic nitrogens is 2. The Balaban J connectivity index is 1.59. The third kappa shape index (κ3) is 3.63. The Kier molecular flexibility index (Phi) is 4.51. The molecule has 1 aliphatic rings.